The van der Waals surface area contributed by atoms with Crippen LogP contribution >= 0.6 is 0 Å². The van der Waals surface area contributed by atoms with Gasteiger partial charge in [-0.05, 0) is 67.5 Å². The second-order valence-corrected chi connectivity index (χ2v) is 8.79. The number of phenols is 1. The lowest BCUT2D eigenvalue weighted by Gasteiger charge is -2.29. The second kappa shape index (κ2) is 9.49. The number of aryl methyl sites for hydroxylation is 4. The van der Waals surface area contributed by atoms with Crippen molar-refractivity contribution in [3.63, 3.8) is 0 Å². The number of ether oxygens (including phenoxy) is 1. The molecule has 2 aromatic carbocycles. The summed E-state index contributed by atoms with van der Waals surface area (Å²) >= 11 is 0. The summed E-state index contributed by atoms with van der Waals surface area (Å²) < 4.78 is 6.14. The molecule has 2 aromatic rings. The summed E-state index contributed by atoms with van der Waals surface area (Å²) in [5, 5.41) is 10.1. The quantitative estimate of drug-likeness (QED) is 0.461. The van der Waals surface area contributed by atoms with Crippen LogP contribution < -0.4 is 4.74 Å². The summed E-state index contributed by atoms with van der Waals surface area (Å²) in [5.74, 6) is 1.43. The highest BCUT2D eigenvalue weighted by atomic mass is 16.5. The molecule has 0 atom stereocenters. The first-order valence-electron chi connectivity index (χ1n) is 10.7. The molecule has 2 rings (SSSR count). The number of hydrogen-bond acceptors (Lipinski definition) is 2. The maximum absolute atomic E-state index is 10.1. The standard InChI is InChI=1S/C26H38O2/c1-8-9-10-11-12-13-28-25-20(4)16-23(17-21(25)5)26(6,7)22-14-18(2)24(27)19(3)15-22/h14-17,27H,8-13H2,1-7H3. The Bertz CT molecular complexity index is 756. The molecular formula is C26H38O2. The Labute approximate surface area is 172 Å². The maximum atomic E-state index is 10.1. The van der Waals surface area contributed by atoms with Crippen molar-refractivity contribution in [1.29, 1.82) is 0 Å². The summed E-state index contributed by atoms with van der Waals surface area (Å²) in [5.41, 5.74) is 6.62. The van der Waals surface area contributed by atoms with Crippen LogP contribution in [0.15, 0.2) is 24.3 Å². The number of rotatable bonds is 9. The molecule has 1 N–H and O–H groups in total. The maximum Gasteiger partial charge on any atom is 0.125 e. The van der Waals surface area contributed by atoms with Gasteiger partial charge >= 0.3 is 0 Å². The highest BCUT2D eigenvalue weighted by Gasteiger charge is 2.26. The zero-order valence-corrected chi connectivity index (χ0v) is 18.9. The summed E-state index contributed by atoms with van der Waals surface area (Å²) in [7, 11) is 0. The monoisotopic (exact) mass is 382 g/mol. The lowest BCUT2D eigenvalue weighted by molar-refractivity contribution is 0.300. The minimum absolute atomic E-state index is 0.141. The summed E-state index contributed by atoms with van der Waals surface area (Å²) in [4.78, 5) is 0. The van der Waals surface area contributed by atoms with E-state index in [-0.39, 0.29) is 5.41 Å². The van der Waals surface area contributed by atoms with Crippen molar-refractivity contribution in [2.24, 2.45) is 0 Å². The van der Waals surface area contributed by atoms with Crippen LogP contribution in [0.3, 0.4) is 0 Å². The Hall–Kier alpha value is -1.96. The van der Waals surface area contributed by atoms with Gasteiger partial charge in [0.05, 0.1) is 6.61 Å². The average Bonchev–Trinajstić information content (AvgIpc) is 2.63. The van der Waals surface area contributed by atoms with Crippen LogP contribution in [0.5, 0.6) is 11.5 Å². The molecule has 0 bridgehead atoms. The van der Waals surface area contributed by atoms with Crippen LogP contribution in [-0.2, 0) is 5.41 Å². The molecule has 28 heavy (non-hydrogen) atoms. The fraction of sp³-hybridized carbons (Fsp3) is 0.538. The molecule has 0 aliphatic rings. The van der Waals surface area contributed by atoms with Crippen molar-refractivity contribution in [1.82, 2.24) is 0 Å². The lowest BCUT2D eigenvalue weighted by Crippen LogP contribution is -2.20. The predicted molar refractivity (Wildman–Crippen MR) is 120 cm³/mol. The van der Waals surface area contributed by atoms with Crippen LogP contribution in [0.2, 0.25) is 0 Å². The van der Waals surface area contributed by atoms with E-state index in [1.54, 1.807) is 0 Å². The molecule has 0 aliphatic carbocycles. The first-order chi connectivity index (χ1) is 13.2. The molecule has 154 valence electrons. The molecule has 0 fully saturated rings. The number of hydrogen-bond donors (Lipinski definition) is 1. The lowest BCUT2D eigenvalue weighted by atomic mass is 9.76. The zero-order chi connectivity index (χ0) is 20.9. The highest BCUT2D eigenvalue weighted by Crippen LogP contribution is 2.38. The van der Waals surface area contributed by atoms with E-state index >= 15 is 0 Å². The molecule has 0 radical (unpaired) electrons. The first-order valence-corrected chi connectivity index (χ1v) is 10.7. The van der Waals surface area contributed by atoms with Crippen molar-refractivity contribution >= 4 is 0 Å². The van der Waals surface area contributed by atoms with E-state index in [0.717, 1.165) is 29.9 Å². The van der Waals surface area contributed by atoms with Gasteiger partial charge in [0, 0.05) is 5.41 Å². The topological polar surface area (TPSA) is 29.5 Å². The third-order valence-corrected chi connectivity index (χ3v) is 5.89. The number of benzene rings is 2. The van der Waals surface area contributed by atoms with E-state index in [0.29, 0.717) is 5.75 Å². The number of phenolic OH excluding ortho intramolecular Hbond substituents is 1. The smallest absolute Gasteiger partial charge is 0.125 e. The average molecular weight is 383 g/mol. The first kappa shape index (κ1) is 22.3. The van der Waals surface area contributed by atoms with E-state index in [9.17, 15) is 5.11 Å². The normalized spacial score (nSPS) is 11.7. The zero-order valence-electron chi connectivity index (χ0n) is 18.9. The summed E-state index contributed by atoms with van der Waals surface area (Å²) in [6.07, 6.45) is 6.26. The van der Waals surface area contributed by atoms with Crippen LogP contribution in [0.25, 0.3) is 0 Å². The molecule has 0 saturated heterocycles. The molecule has 0 saturated carbocycles. The van der Waals surface area contributed by atoms with E-state index < -0.39 is 0 Å². The number of aromatic hydroxyl groups is 1. The highest BCUT2D eigenvalue weighted by molar-refractivity contribution is 5.51. The Kier molecular flexibility index (Phi) is 7.57. The minimum Gasteiger partial charge on any atom is -0.507 e. The van der Waals surface area contributed by atoms with Gasteiger partial charge in [0.2, 0.25) is 0 Å². The van der Waals surface area contributed by atoms with Crippen molar-refractivity contribution in [3.05, 3.63) is 57.6 Å². The third-order valence-electron chi connectivity index (χ3n) is 5.89. The largest absolute Gasteiger partial charge is 0.507 e. The van der Waals surface area contributed by atoms with E-state index in [1.807, 2.05) is 13.8 Å². The van der Waals surface area contributed by atoms with Crippen LogP contribution in [0, 0.1) is 27.7 Å². The van der Waals surface area contributed by atoms with Gasteiger partial charge in [-0.1, -0.05) is 70.7 Å². The van der Waals surface area contributed by atoms with Crippen molar-refractivity contribution in [2.75, 3.05) is 6.61 Å². The minimum atomic E-state index is -0.141. The van der Waals surface area contributed by atoms with Crippen LogP contribution in [0.4, 0.5) is 0 Å². The predicted octanol–water partition coefficient (Wildman–Crippen LogP) is 7.30. The SMILES string of the molecule is CCCCCCCOc1c(C)cc(C(C)(C)c2cc(C)c(O)c(C)c2)cc1C. The number of unbranched alkanes of at least 4 members (excludes halogenated alkanes) is 4. The Morgan fingerprint density at radius 3 is 1.71 bits per heavy atom. The fourth-order valence-corrected chi connectivity index (χ4v) is 3.90. The molecule has 0 unspecified atom stereocenters. The molecule has 0 heterocycles. The summed E-state index contributed by atoms with van der Waals surface area (Å²) in [6, 6.07) is 8.73. The van der Waals surface area contributed by atoms with Crippen molar-refractivity contribution in [3.8, 4) is 11.5 Å². The van der Waals surface area contributed by atoms with E-state index in [2.05, 4.69) is 58.9 Å². The van der Waals surface area contributed by atoms with E-state index in [4.69, 9.17) is 4.74 Å². The molecule has 0 amide bonds. The van der Waals surface area contributed by atoms with E-state index in [1.165, 1.54) is 47.9 Å². The Balaban J connectivity index is 2.20. The van der Waals surface area contributed by atoms with Gasteiger partial charge in [-0.2, -0.15) is 0 Å². The van der Waals surface area contributed by atoms with Gasteiger partial charge in [-0.25, -0.2) is 0 Å². The van der Waals surface area contributed by atoms with Gasteiger partial charge in [0.15, 0.2) is 0 Å². The van der Waals surface area contributed by atoms with Crippen molar-refractivity contribution < 1.29 is 9.84 Å². The molecule has 0 aliphatic heterocycles. The van der Waals surface area contributed by atoms with Crippen LogP contribution in [-0.4, -0.2) is 11.7 Å². The third kappa shape index (κ3) is 5.10. The van der Waals surface area contributed by atoms with Crippen LogP contribution in [0.1, 0.15) is 86.3 Å². The van der Waals surface area contributed by atoms with Gasteiger partial charge in [0.25, 0.3) is 0 Å². The molecular weight excluding hydrogens is 344 g/mol. The Morgan fingerprint density at radius 1 is 0.750 bits per heavy atom. The molecule has 0 spiro atoms. The molecule has 2 heteroatoms. The second-order valence-electron chi connectivity index (χ2n) is 8.79. The van der Waals surface area contributed by atoms with Crippen molar-refractivity contribution in [2.45, 2.75) is 86.0 Å². The fourth-order valence-electron chi connectivity index (χ4n) is 3.90. The molecule has 2 nitrogen and oxygen atoms in total. The van der Waals surface area contributed by atoms with Gasteiger partial charge < -0.3 is 9.84 Å². The Morgan fingerprint density at radius 2 is 1.21 bits per heavy atom. The summed E-state index contributed by atoms with van der Waals surface area (Å²) in [6.45, 7) is 15.8. The molecule has 0 aromatic heterocycles. The van der Waals surface area contributed by atoms with Gasteiger partial charge in [-0.15, -0.1) is 0 Å². The van der Waals surface area contributed by atoms with Gasteiger partial charge in [0.1, 0.15) is 11.5 Å². The van der Waals surface area contributed by atoms with Gasteiger partial charge in [-0.3, -0.25) is 0 Å².